The topological polar surface area (TPSA) is 83.4 Å². The zero-order chi connectivity index (χ0) is 26.5. The third-order valence-electron chi connectivity index (χ3n) is 6.57. The Kier molecular flexibility index (Phi) is 7.55. The molecule has 0 atom stereocenters. The summed E-state index contributed by atoms with van der Waals surface area (Å²) in [6, 6.07) is 19.6. The van der Waals surface area contributed by atoms with E-state index < -0.39 is 0 Å². The van der Waals surface area contributed by atoms with Crippen LogP contribution < -0.4 is 5.32 Å². The number of nitrogens with one attached hydrogen (secondary N) is 1. The van der Waals surface area contributed by atoms with Crippen LogP contribution in [0.15, 0.2) is 79.1 Å². The second kappa shape index (κ2) is 11.4. The first kappa shape index (κ1) is 25.3. The summed E-state index contributed by atoms with van der Waals surface area (Å²) in [7, 11) is 0. The summed E-state index contributed by atoms with van der Waals surface area (Å²) in [6.07, 6.45) is 3.25. The Balaban J connectivity index is 1.12. The Labute approximate surface area is 220 Å². The molecule has 2 amide bonds. The van der Waals surface area contributed by atoms with Gasteiger partial charge >= 0.3 is 0 Å². The average Bonchev–Trinajstić information content (AvgIpc) is 3.38. The van der Waals surface area contributed by atoms with Gasteiger partial charge in [-0.2, -0.15) is 5.10 Å². The van der Waals surface area contributed by atoms with E-state index >= 15 is 0 Å². The summed E-state index contributed by atoms with van der Waals surface area (Å²) in [5, 5.41) is 7.17. The van der Waals surface area contributed by atoms with Gasteiger partial charge in [0.25, 0.3) is 11.8 Å². The Morgan fingerprint density at radius 2 is 1.55 bits per heavy atom. The normalized spacial score (nSPS) is 13.9. The van der Waals surface area contributed by atoms with Crippen LogP contribution in [0.1, 0.15) is 37.5 Å². The van der Waals surface area contributed by atoms with Crippen molar-refractivity contribution in [2.45, 2.75) is 20.0 Å². The van der Waals surface area contributed by atoms with Crippen LogP contribution in [0.2, 0.25) is 0 Å². The number of aryl methyl sites for hydroxylation is 1. The zero-order valence-corrected chi connectivity index (χ0v) is 21.2. The molecule has 5 rings (SSSR count). The molecule has 4 aromatic rings. The number of piperazine rings is 1. The fraction of sp³-hybridized carbons (Fsp3) is 0.241. The number of amides is 2. The number of hydrogen-bond donors (Lipinski definition) is 1. The first-order valence-corrected chi connectivity index (χ1v) is 12.6. The molecule has 1 aliphatic rings. The lowest BCUT2D eigenvalue weighted by atomic mass is 10.1. The van der Waals surface area contributed by atoms with Crippen molar-refractivity contribution in [2.75, 3.05) is 31.5 Å². The maximum atomic E-state index is 13.1. The van der Waals surface area contributed by atoms with Gasteiger partial charge in [0.2, 0.25) is 0 Å². The van der Waals surface area contributed by atoms with Crippen LogP contribution >= 0.6 is 0 Å². The van der Waals surface area contributed by atoms with E-state index in [1.54, 1.807) is 39.9 Å². The molecule has 0 aliphatic carbocycles. The molecule has 1 N–H and O–H groups in total. The van der Waals surface area contributed by atoms with Crippen LogP contribution in [-0.4, -0.2) is 62.6 Å². The van der Waals surface area contributed by atoms with E-state index in [2.05, 4.69) is 44.6 Å². The van der Waals surface area contributed by atoms with Crippen LogP contribution in [0.5, 0.6) is 0 Å². The van der Waals surface area contributed by atoms with Crippen LogP contribution in [0, 0.1) is 12.7 Å². The first-order chi connectivity index (χ1) is 18.4. The fourth-order valence-electron chi connectivity index (χ4n) is 4.37. The minimum absolute atomic E-state index is 0.110. The SMILES string of the molecule is Cc1ccc(Cn2ccc(NC(=O)c3ccc(C(=O)N4CCN(Cc5ccc(F)cc5)CC4)cn3)n2)cc1. The average molecular weight is 513 g/mol. The van der Waals surface area contributed by atoms with Gasteiger partial charge in [-0.05, 0) is 42.3 Å². The number of carbonyl (C=O) groups is 2. The number of nitrogens with zero attached hydrogens (tertiary/aromatic N) is 5. The van der Waals surface area contributed by atoms with E-state index in [-0.39, 0.29) is 23.3 Å². The Hall–Kier alpha value is -4.37. The highest BCUT2D eigenvalue weighted by Crippen LogP contribution is 2.14. The highest BCUT2D eigenvalue weighted by Gasteiger charge is 2.23. The van der Waals surface area contributed by atoms with Gasteiger partial charge in [-0.25, -0.2) is 4.39 Å². The molecular weight excluding hydrogens is 483 g/mol. The number of hydrogen-bond acceptors (Lipinski definition) is 5. The number of pyridine rings is 1. The molecule has 0 saturated carbocycles. The molecule has 0 bridgehead atoms. The van der Waals surface area contributed by atoms with Crippen molar-refractivity contribution in [3.05, 3.63) is 113 Å². The molecule has 1 saturated heterocycles. The quantitative estimate of drug-likeness (QED) is 0.405. The van der Waals surface area contributed by atoms with E-state index in [9.17, 15) is 14.0 Å². The molecule has 0 spiro atoms. The minimum Gasteiger partial charge on any atom is -0.336 e. The molecule has 1 fully saturated rings. The summed E-state index contributed by atoms with van der Waals surface area (Å²) in [4.78, 5) is 33.9. The number of halogens is 1. The van der Waals surface area contributed by atoms with Crippen molar-refractivity contribution in [1.29, 1.82) is 0 Å². The molecular formula is C29H29FN6O2. The Morgan fingerprint density at radius 1 is 0.868 bits per heavy atom. The summed E-state index contributed by atoms with van der Waals surface area (Å²) in [6.45, 7) is 6.01. The molecule has 0 radical (unpaired) electrons. The summed E-state index contributed by atoms with van der Waals surface area (Å²) in [5.41, 5.74) is 4.01. The predicted molar refractivity (Wildman–Crippen MR) is 142 cm³/mol. The van der Waals surface area contributed by atoms with Crippen LogP contribution in [0.25, 0.3) is 0 Å². The second-order valence-electron chi connectivity index (χ2n) is 9.47. The van der Waals surface area contributed by atoms with Crippen molar-refractivity contribution in [3.63, 3.8) is 0 Å². The lowest BCUT2D eigenvalue weighted by Gasteiger charge is -2.34. The number of carbonyl (C=O) groups excluding carboxylic acids is 2. The molecule has 2 aromatic heterocycles. The van der Waals surface area contributed by atoms with Crippen molar-refractivity contribution in [2.24, 2.45) is 0 Å². The molecule has 0 unspecified atom stereocenters. The monoisotopic (exact) mass is 512 g/mol. The summed E-state index contributed by atoms with van der Waals surface area (Å²) < 4.78 is 14.9. The third-order valence-corrected chi connectivity index (χ3v) is 6.57. The summed E-state index contributed by atoms with van der Waals surface area (Å²) in [5.74, 6) is -0.312. The maximum Gasteiger partial charge on any atom is 0.275 e. The van der Waals surface area contributed by atoms with Gasteiger partial charge in [-0.1, -0.05) is 42.0 Å². The predicted octanol–water partition coefficient (Wildman–Crippen LogP) is 3.98. The maximum absolute atomic E-state index is 13.1. The van der Waals surface area contributed by atoms with Crippen LogP contribution in [0.3, 0.4) is 0 Å². The van der Waals surface area contributed by atoms with Crippen molar-refractivity contribution in [1.82, 2.24) is 24.6 Å². The highest BCUT2D eigenvalue weighted by molar-refractivity contribution is 6.03. The number of benzene rings is 2. The van der Waals surface area contributed by atoms with Gasteiger partial charge < -0.3 is 10.2 Å². The third kappa shape index (κ3) is 6.30. The van der Waals surface area contributed by atoms with Crippen molar-refractivity contribution < 1.29 is 14.0 Å². The minimum atomic E-state index is -0.390. The van der Waals surface area contributed by atoms with Gasteiger partial charge in [-0.3, -0.25) is 24.2 Å². The van der Waals surface area contributed by atoms with Crippen LogP contribution in [0.4, 0.5) is 10.2 Å². The smallest absolute Gasteiger partial charge is 0.275 e. The van der Waals surface area contributed by atoms with E-state index in [0.717, 1.165) is 30.8 Å². The zero-order valence-electron chi connectivity index (χ0n) is 21.2. The standard InChI is InChI=1S/C29H29FN6O2/c1-21-2-4-23(5-3-21)20-36-13-12-27(33-36)32-28(37)26-11-8-24(18-31-26)29(38)35-16-14-34(15-17-35)19-22-6-9-25(30)10-7-22/h2-13,18H,14-17,19-20H2,1H3,(H,32,33,37). The van der Waals surface area contributed by atoms with Crippen LogP contribution in [-0.2, 0) is 13.1 Å². The molecule has 9 heteroatoms. The van der Waals surface area contributed by atoms with Crippen molar-refractivity contribution >= 4 is 17.6 Å². The second-order valence-corrected chi connectivity index (χ2v) is 9.47. The molecule has 8 nitrogen and oxygen atoms in total. The van der Waals surface area contributed by atoms with Gasteiger partial charge in [-0.15, -0.1) is 0 Å². The van der Waals surface area contributed by atoms with E-state index in [1.165, 1.54) is 23.9 Å². The van der Waals surface area contributed by atoms with E-state index in [0.29, 0.717) is 31.0 Å². The Morgan fingerprint density at radius 3 is 2.24 bits per heavy atom. The van der Waals surface area contributed by atoms with E-state index in [4.69, 9.17) is 0 Å². The molecule has 3 heterocycles. The lowest BCUT2D eigenvalue weighted by molar-refractivity contribution is 0.0627. The molecule has 2 aromatic carbocycles. The van der Waals surface area contributed by atoms with E-state index in [1.807, 2.05) is 13.1 Å². The molecule has 1 aliphatic heterocycles. The van der Waals surface area contributed by atoms with Gasteiger partial charge in [0, 0.05) is 51.2 Å². The largest absolute Gasteiger partial charge is 0.336 e. The summed E-state index contributed by atoms with van der Waals surface area (Å²) >= 11 is 0. The lowest BCUT2D eigenvalue weighted by Crippen LogP contribution is -2.48. The van der Waals surface area contributed by atoms with Gasteiger partial charge in [0.1, 0.15) is 11.5 Å². The number of aromatic nitrogens is 3. The molecule has 38 heavy (non-hydrogen) atoms. The number of rotatable bonds is 7. The Bertz CT molecular complexity index is 1390. The highest BCUT2D eigenvalue weighted by atomic mass is 19.1. The first-order valence-electron chi connectivity index (χ1n) is 12.6. The van der Waals surface area contributed by atoms with Crippen molar-refractivity contribution in [3.8, 4) is 0 Å². The molecule has 194 valence electrons. The van der Waals surface area contributed by atoms with Gasteiger partial charge in [0.05, 0.1) is 12.1 Å². The fourth-order valence-corrected chi connectivity index (χ4v) is 4.37. The number of anilines is 1. The van der Waals surface area contributed by atoms with Gasteiger partial charge in [0.15, 0.2) is 5.82 Å².